The number of carbonyl (C=O) groups excluding carboxylic acids is 1. The second kappa shape index (κ2) is 9.34. The van der Waals surface area contributed by atoms with Gasteiger partial charge in [-0.25, -0.2) is 4.98 Å². The molecule has 148 valence electrons. The van der Waals surface area contributed by atoms with Crippen LogP contribution in [-0.2, 0) is 17.0 Å². The van der Waals surface area contributed by atoms with Crippen LogP contribution in [0.25, 0.3) is 4.96 Å². The largest absolute Gasteiger partial charge is 0.325 e. The van der Waals surface area contributed by atoms with Gasteiger partial charge in [0, 0.05) is 23.9 Å². The van der Waals surface area contributed by atoms with Gasteiger partial charge in [0.25, 0.3) is 5.56 Å². The fourth-order valence-corrected chi connectivity index (χ4v) is 4.40. The molecule has 8 heteroatoms. The molecule has 1 aromatic carbocycles. The second-order valence-electron chi connectivity index (χ2n) is 6.67. The molecule has 0 aliphatic rings. The predicted octanol–water partition coefficient (Wildman–Crippen LogP) is 3.98. The van der Waals surface area contributed by atoms with Crippen LogP contribution >= 0.6 is 23.1 Å². The summed E-state index contributed by atoms with van der Waals surface area (Å²) < 4.78 is 1.37. The first-order chi connectivity index (χ1) is 13.5. The Hall–Kier alpha value is -2.19. The molecule has 1 N–H and O–H groups in total. The minimum absolute atomic E-state index is 0.0591. The Morgan fingerprint density at radius 2 is 2.14 bits per heavy atom. The first-order valence-corrected chi connectivity index (χ1v) is 11.3. The molecule has 3 rings (SSSR count). The molecule has 0 unspecified atom stereocenters. The summed E-state index contributed by atoms with van der Waals surface area (Å²) in [4.78, 5) is 29.7. The van der Waals surface area contributed by atoms with E-state index in [1.54, 1.807) is 0 Å². The molecule has 0 atom stereocenters. The summed E-state index contributed by atoms with van der Waals surface area (Å²) in [6, 6.07) is 7.36. The number of unbranched alkanes of at least 4 members (excludes halogenated alkanes) is 1. The highest BCUT2D eigenvalue weighted by molar-refractivity contribution is 7.99. The lowest BCUT2D eigenvalue weighted by Gasteiger charge is -2.10. The topological polar surface area (TPSA) is 76.4 Å². The van der Waals surface area contributed by atoms with Crippen molar-refractivity contribution in [2.24, 2.45) is 0 Å². The SMILES string of the molecule is CCCCc1nn2c(=O)cc(CSCC(=O)Nc3cccc(C)c3C)nc2s1. The monoisotopic (exact) mass is 416 g/mol. The zero-order valence-corrected chi connectivity index (χ0v) is 18.0. The number of aryl methyl sites for hydroxylation is 2. The number of rotatable bonds is 8. The van der Waals surface area contributed by atoms with E-state index in [0.717, 1.165) is 41.1 Å². The number of carbonyl (C=O) groups is 1. The molecule has 6 nitrogen and oxygen atoms in total. The van der Waals surface area contributed by atoms with E-state index in [2.05, 4.69) is 22.3 Å². The summed E-state index contributed by atoms with van der Waals surface area (Å²) in [7, 11) is 0. The van der Waals surface area contributed by atoms with Crippen LogP contribution in [0.4, 0.5) is 5.69 Å². The number of nitrogens with one attached hydrogen (secondary N) is 1. The summed E-state index contributed by atoms with van der Waals surface area (Å²) in [6.07, 6.45) is 3.00. The molecule has 0 saturated carbocycles. The van der Waals surface area contributed by atoms with Crippen molar-refractivity contribution in [2.45, 2.75) is 45.8 Å². The summed E-state index contributed by atoms with van der Waals surface area (Å²) in [5.41, 5.74) is 3.57. The van der Waals surface area contributed by atoms with E-state index in [1.807, 2.05) is 32.0 Å². The van der Waals surface area contributed by atoms with E-state index in [1.165, 1.54) is 33.7 Å². The van der Waals surface area contributed by atoms with Gasteiger partial charge in [0.2, 0.25) is 10.9 Å². The molecule has 0 bridgehead atoms. The van der Waals surface area contributed by atoms with Gasteiger partial charge in [0.05, 0.1) is 11.4 Å². The third-order valence-electron chi connectivity index (χ3n) is 4.45. The molecule has 2 aromatic heterocycles. The Morgan fingerprint density at radius 3 is 2.93 bits per heavy atom. The number of anilines is 1. The molecule has 0 fully saturated rings. The van der Waals surface area contributed by atoms with Crippen LogP contribution in [0.15, 0.2) is 29.1 Å². The maximum absolute atomic E-state index is 12.3. The number of hydrogen-bond donors (Lipinski definition) is 1. The fraction of sp³-hybridized carbons (Fsp3) is 0.400. The van der Waals surface area contributed by atoms with Gasteiger partial charge in [-0.05, 0) is 37.5 Å². The molecular formula is C20H24N4O2S2. The Balaban J connectivity index is 1.59. The van der Waals surface area contributed by atoms with E-state index >= 15 is 0 Å². The van der Waals surface area contributed by atoms with Gasteiger partial charge in [-0.3, -0.25) is 9.59 Å². The van der Waals surface area contributed by atoms with Crippen LogP contribution in [0, 0.1) is 13.8 Å². The van der Waals surface area contributed by atoms with Gasteiger partial charge < -0.3 is 5.32 Å². The van der Waals surface area contributed by atoms with Crippen molar-refractivity contribution in [2.75, 3.05) is 11.1 Å². The van der Waals surface area contributed by atoms with Crippen molar-refractivity contribution in [1.82, 2.24) is 14.6 Å². The minimum atomic E-state index is -0.167. The third-order valence-corrected chi connectivity index (χ3v) is 6.38. The smallest absolute Gasteiger partial charge is 0.275 e. The van der Waals surface area contributed by atoms with Crippen LogP contribution in [0.1, 0.15) is 41.6 Å². The van der Waals surface area contributed by atoms with Crippen LogP contribution in [0.2, 0.25) is 0 Å². The lowest BCUT2D eigenvalue weighted by atomic mass is 10.1. The van der Waals surface area contributed by atoms with E-state index in [0.29, 0.717) is 22.2 Å². The Labute approximate surface area is 172 Å². The van der Waals surface area contributed by atoms with Gasteiger partial charge in [0.15, 0.2) is 0 Å². The minimum Gasteiger partial charge on any atom is -0.325 e. The van der Waals surface area contributed by atoms with E-state index < -0.39 is 0 Å². The summed E-state index contributed by atoms with van der Waals surface area (Å²) >= 11 is 2.91. The molecular weight excluding hydrogens is 392 g/mol. The second-order valence-corrected chi connectivity index (χ2v) is 8.69. The molecule has 28 heavy (non-hydrogen) atoms. The molecule has 0 saturated heterocycles. The Morgan fingerprint density at radius 1 is 1.32 bits per heavy atom. The fourth-order valence-electron chi connectivity index (χ4n) is 2.72. The normalized spacial score (nSPS) is 11.1. The summed E-state index contributed by atoms with van der Waals surface area (Å²) in [5, 5.41) is 8.23. The molecule has 3 aromatic rings. The van der Waals surface area contributed by atoms with Crippen molar-refractivity contribution in [3.05, 3.63) is 56.4 Å². The molecule has 2 heterocycles. The van der Waals surface area contributed by atoms with Crippen LogP contribution in [0.3, 0.4) is 0 Å². The first-order valence-electron chi connectivity index (χ1n) is 9.30. The van der Waals surface area contributed by atoms with Gasteiger partial charge in [-0.1, -0.05) is 36.8 Å². The summed E-state index contributed by atoms with van der Waals surface area (Å²) in [6.45, 7) is 6.14. The van der Waals surface area contributed by atoms with Crippen LogP contribution in [0.5, 0.6) is 0 Å². The van der Waals surface area contributed by atoms with Gasteiger partial charge in [0.1, 0.15) is 5.01 Å². The van der Waals surface area contributed by atoms with Gasteiger partial charge in [-0.15, -0.1) is 11.8 Å². The summed E-state index contributed by atoms with van der Waals surface area (Å²) in [5.74, 6) is 0.753. The number of fused-ring (bicyclic) bond motifs is 1. The zero-order valence-electron chi connectivity index (χ0n) is 16.3. The average molecular weight is 417 g/mol. The van der Waals surface area contributed by atoms with Crippen molar-refractivity contribution in [1.29, 1.82) is 0 Å². The molecule has 0 radical (unpaired) electrons. The number of thioether (sulfide) groups is 1. The maximum Gasteiger partial charge on any atom is 0.275 e. The quantitative estimate of drug-likeness (QED) is 0.601. The Bertz CT molecular complexity index is 1040. The molecule has 1 amide bonds. The first kappa shape index (κ1) is 20.5. The number of benzene rings is 1. The molecule has 0 spiro atoms. The van der Waals surface area contributed by atoms with Crippen molar-refractivity contribution >= 4 is 39.7 Å². The van der Waals surface area contributed by atoms with E-state index in [9.17, 15) is 9.59 Å². The van der Waals surface area contributed by atoms with E-state index in [4.69, 9.17) is 0 Å². The predicted molar refractivity (Wildman–Crippen MR) is 116 cm³/mol. The number of nitrogens with zero attached hydrogens (tertiary/aromatic N) is 3. The number of amides is 1. The lowest BCUT2D eigenvalue weighted by molar-refractivity contribution is -0.113. The van der Waals surface area contributed by atoms with E-state index in [-0.39, 0.29) is 11.5 Å². The van der Waals surface area contributed by atoms with Crippen molar-refractivity contribution in [3.8, 4) is 0 Å². The zero-order chi connectivity index (χ0) is 20.1. The van der Waals surface area contributed by atoms with Gasteiger partial charge in [-0.2, -0.15) is 9.61 Å². The average Bonchev–Trinajstić information content (AvgIpc) is 3.07. The highest BCUT2D eigenvalue weighted by atomic mass is 32.2. The number of aromatic nitrogens is 3. The lowest BCUT2D eigenvalue weighted by Crippen LogP contribution is -2.17. The van der Waals surface area contributed by atoms with Crippen LogP contribution < -0.4 is 10.9 Å². The van der Waals surface area contributed by atoms with Crippen LogP contribution in [-0.4, -0.2) is 26.3 Å². The van der Waals surface area contributed by atoms with Gasteiger partial charge >= 0.3 is 0 Å². The highest BCUT2D eigenvalue weighted by Crippen LogP contribution is 2.19. The third kappa shape index (κ3) is 4.99. The number of hydrogen-bond acceptors (Lipinski definition) is 6. The highest BCUT2D eigenvalue weighted by Gasteiger charge is 2.10. The standard InChI is InChI=1S/C20H24N4O2S2/c1-4-5-9-18-23-24-19(26)10-15(21-20(24)28-18)11-27-12-17(25)22-16-8-6-7-13(2)14(16)3/h6-8,10H,4-5,9,11-12H2,1-3H3,(H,22,25). The molecule has 0 aliphatic heterocycles. The molecule has 0 aliphatic carbocycles. The Kier molecular flexibility index (Phi) is 6.85. The maximum atomic E-state index is 12.3. The van der Waals surface area contributed by atoms with Crippen molar-refractivity contribution < 1.29 is 4.79 Å². The van der Waals surface area contributed by atoms with Crippen molar-refractivity contribution in [3.63, 3.8) is 0 Å².